The van der Waals surface area contributed by atoms with Crippen LogP contribution in [0.3, 0.4) is 0 Å². The molecule has 1 aliphatic rings. The Morgan fingerprint density at radius 3 is 2.80 bits per heavy atom. The van der Waals surface area contributed by atoms with E-state index in [0.29, 0.717) is 18.2 Å². The summed E-state index contributed by atoms with van der Waals surface area (Å²) in [7, 11) is -1.41. The largest absolute Gasteiger partial charge is 0.409 e. The van der Waals surface area contributed by atoms with Crippen molar-refractivity contribution in [2.24, 2.45) is 10.9 Å². The molecule has 0 aromatic heterocycles. The summed E-state index contributed by atoms with van der Waals surface area (Å²) in [5.74, 6) is -0.0308. The summed E-state index contributed by atoms with van der Waals surface area (Å²) < 4.78 is 24.5. The van der Waals surface area contributed by atoms with E-state index in [1.165, 1.54) is 12.1 Å². The Kier molecular flexibility index (Phi) is 4.29. The topological polar surface area (TPSA) is 96.0 Å². The van der Waals surface area contributed by atoms with Crippen molar-refractivity contribution in [3.63, 3.8) is 0 Å². The van der Waals surface area contributed by atoms with Gasteiger partial charge in [0.25, 0.3) is 0 Å². The molecule has 0 atom stereocenters. The highest BCUT2D eigenvalue weighted by atomic mass is 32.2. The molecular weight excluding hydrogens is 278 g/mol. The first-order valence-corrected chi connectivity index (χ1v) is 8.10. The summed E-state index contributed by atoms with van der Waals surface area (Å²) >= 11 is 0. The van der Waals surface area contributed by atoms with E-state index in [2.05, 4.69) is 10.1 Å². The number of amidine groups is 1. The van der Waals surface area contributed by atoms with Gasteiger partial charge >= 0.3 is 0 Å². The third-order valence-corrected chi connectivity index (χ3v) is 5.17. The fourth-order valence-electron chi connectivity index (χ4n) is 1.99. The van der Waals surface area contributed by atoms with Crippen LogP contribution >= 0.6 is 0 Å². The minimum Gasteiger partial charge on any atom is -0.409 e. The van der Waals surface area contributed by atoms with Crippen molar-refractivity contribution in [3.8, 4) is 0 Å². The average Bonchev–Trinajstić information content (AvgIpc) is 3.28. The number of benzene rings is 1. The quantitative estimate of drug-likeness (QED) is 0.348. The van der Waals surface area contributed by atoms with Crippen molar-refractivity contribution >= 4 is 15.7 Å². The minimum absolute atomic E-state index is 0.0691. The zero-order valence-electron chi connectivity index (χ0n) is 11.4. The van der Waals surface area contributed by atoms with Crippen LogP contribution in [0.2, 0.25) is 0 Å². The van der Waals surface area contributed by atoms with E-state index in [9.17, 15) is 8.42 Å². The van der Waals surface area contributed by atoms with Crippen LogP contribution in [0.15, 0.2) is 34.3 Å². The standard InChI is InChI=1S/C13H19N3O3S/c1-16(11-5-6-11)7-8-20(18,19)12-4-2-3-10(9-12)13(14)15-17/h2-4,9,11,17H,5-8H2,1H3,(H2,14,15). The maximum Gasteiger partial charge on any atom is 0.179 e. The van der Waals surface area contributed by atoms with Gasteiger partial charge in [0.15, 0.2) is 15.7 Å². The third kappa shape index (κ3) is 3.49. The molecule has 0 unspecified atom stereocenters. The fraction of sp³-hybridized carbons (Fsp3) is 0.462. The molecule has 3 N–H and O–H groups in total. The SMILES string of the molecule is CN(CCS(=O)(=O)c1cccc(/C(N)=N/O)c1)C1CC1. The molecule has 1 fully saturated rings. The van der Waals surface area contributed by atoms with Crippen LogP contribution in [-0.2, 0) is 9.84 Å². The molecule has 0 radical (unpaired) electrons. The summed E-state index contributed by atoms with van der Waals surface area (Å²) in [6, 6.07) is 6.69. The van der Waals surface area contributed by atoms with Gasteiger partial charge in [0.2, 0.25) is 0 Å². The lowest BCUT2D eigenvalue weighted by Gasteiger charge is -2.15. The highest BCUT2D eigenvalue weighted by Crippen LogP contribution is 2.25. The van der Waals surface area contributed by atoms with Crippen LogP contribution in [0.1, 0.15) is 18.4 Å². The van der Waals surface area contributed by atoms with Crippen molar-refractivity contribution in [3.05, 3.63) is 29.8 Å². The van der Waals surface area contributed by atoms with E-state index in [-0.39, 0.29) is 16.5 Å². The first-order valence-electron chi connectivity index (χ1n) is 6.45. The van der Waals surface area contributed by atoms with Gasteiger partial charge in [-0.3, -0.25) is 0 Å². The zero-order chi connectivity index (χ0) is 14.8. The van der Waals surface area contributed by atoms with Gasteiger partial charge in [-0.05, 0) is 32.0 Å². The Bertz CT molecular complexity index is 609. The summed E-state index contributed by atoms with van der Waals surface area (Å²) in [6.45, 7) is 0.515. The van der Waals surface area contributed by atoms with Crippen LogP contribution in [0, 0.1) is 0 Å². The molecule has 20 heavy (non-hydrogen) atoms. The second-order valence-electron chi connectivity index (χ2n) is 5.04. The molecular formula is C13H19N3O3S. The lowest BCUT2D eigenvalue weighted by molar-refractivity contribution is 0.318. The van der Waals surface area contributed by atoms with E-state index in [4.69, 9.17) is 10.9 Å². The van der Waals surface area contributed by atoms with E-state index < -0.39 is 9.84 Å². The van der Waals surface area contributed by atoms with Gasteiger partial charge in [-0.1, -0.05) is 17.3 Å². The second-order valence-corrected chi connectivity index (χ2v) is 7.15. The van der Waals surface area contributed by atoms with Crippen LogP contribution in [0.25, 0.3) is 0 Å². The van der Waals surface area contributed by atoms with E-state index >= 15 is 0 Å². The Labute approximate surface area is 118 Å². The highest BCUT2D eigenvalue weighted by Gasteiger charge is 2.27. The Morgan fingerprint density at radius 1 is 1.50 bits per heavy atom. The smallest absolute Gasteiger partial charge is 0.179 e. The van der Waals surface area contributed by atoms with Crippen LogP contribution in [-0.4, -0.2) is 49.7 Å². The molecule has 0 bridgehead atoms. The summed E-state index contributed by atoms with van der Waals surface area (Å²) in [4.78, 5) is 2.27. The number of rotatable bonds is 6. The lowest BCUT2D eigenvalue weighted by atomic mass is 10.2. The van der Waals surface area contributed by atoms with Crippen molar-refractivity contribution in [1.29, 1.82) is 0 Å². The predicted molar refractivity (Wildman–Crippen MR) is 76.7 cm³/mol. The molecule has 6 nitrogen and oxygen atoms in total. The molecule has 1 aromatic rings. The lowest BCUT2D eigenvalue weighted by Crippen LogP contribution is -2.27. The van der Waals surface area contributed by atoms with Crippen molar-refractivity contribution in [2.75, 3.05) is 19.3 Å². The first-order chi connectivity index (χ1) is 9.44. The van der Waals surface area contributed by atoms with E-state index in [1.54, 1.807) is 12.1 Å². The molecule has 0 spiro atoms. The number of nitrogens with two attached hydrogens (primary N) is 1. The molecule has 110 valence electrons. The van der Waals surface area contributed by atoms with Gasteiger partial charge in [-0.2, -0.15) is 0 Å². The Balaban J connectivity index is 2.12. The third-order valence-electron chi connectivity index (χ3n) is 3.48. The molecule has 0 saturated heterocycles. The maximum atomic E-state index is 12.3. The van der Waals surface area contributed by atoms with Gasteiger partial charge in [0, 0.05) is 18.2 Å². The molecule has 0 amide bonds. The van der Waals surface area contributed by atoms with Gasteiger partial charge in [-0.25, -0.2) is 8.42 Å². The van der Waals surface area contributed by atoms with Crippen LogP contribution < -0.4 is 5.73 Å². The molecule has 1 aliphatic carbocycles. The van der Waals surface area contributed by atoms with Crippen molar-refractivity contribution in [1.82, 2.24) is 4.90 Å². The second kappa shape index (κ2) is 5.80. The number of hydrogen-bond acceptors (Lipinski definition) is 5. The molecule has 7 heteroatoms. The Hall–Kier alpha value is -1.60. The van der Waals surface area contributed by atoms with Gasteiger partial charge < -0.3 is 15.8 Å². The molecule has 2 rings (SSSR count). The number of nitrogens with zero attached hydrogens (tertiary/aromatic N) is 2. The van der Waals surface area contributed by atoms with Gasteiger partial charge in [0.05, 0.1) is 10.6 Å². The monoisotopic (exact) mass is 297 g/mol. The summed E-state index contributed by atoms with van der Waals surface area (Å²) in [6.07, 6.45) is 2.30. The van der Waals surface area contributed by atoms with Gasteiger partial charge in [-0.15, -0.1) is 0 Å². The average molecular weight is 297 g/mol. The zero-order valence-corrected chi connectivity index (χ0v) is 12.2. The van der Waals surface area contributed by atoms with Crippen LogP contribution in [0.4, 0.5) is 0 Å². The summed E-state index contributed by atoms with van der Waals surface area (Å²) in [5.41, 5.74) is 5.87. The van der Waals surface area contributed by atoms with E-state index in [0.717, 1.165) is 12.8 Å². The maximum absolute atomic E-state index is 12.3. The van der Waals surface area contributed by atoms with Crippen molar-refractivity contribution in [2.45, 2.75) is 23.8 Å². The summed E-state index contributed by atoms with van der Waals surface area (Å²) in [5, 5.41) is 11.5. The van der Waals surface area contributed by atoms with Gasteiger partial charge in [0.1, 0.15) is 0 Å². The number of sulfone groups is 1. The number of hydrogen-bond donors (Lipinski definition) is 2. The normalized spacial score (nSPS) is 16.6. The van der Waals surface area contributed by atoms with Crippen molar-refractivity contribution < 1.29 is 13.6 Å². The molecule has 1 saturated carbocycles. The first kappa shape index (κ1) is 14.8. The molecule has 0 heterocycles. The van der Waals surface area contributed by atoms with Crippen LogP contribution in [0.5, 0.6) is 0 Å². The highest BCUT2D eigenvalue weighted by molar-refractivity contribution is 7.91. The molecule has 0 aliphatic heterocycles. The number of oxime groups is 1. The molecule has 1 aromatic carbocycles. The fourth-order valence-corrected chi connectivity index (χ4v) is 3.34. The van der Waals surface area contributed by atoms with E-state index in [1.807, 2.05) is 7.05 Å². The minimum atomic E-state index is -3.36. The Morgan fingerprint density at radius 2 is 2.20 bits per heavy atom. The predicted octanol–water partition coefficient (Wildman–Crippen LogP) is 0.649.